The van der Waals surface area contributed by atoms with Gasteiger partial charge >= 0.3 is 0 Å². The maximum absolute atomic E-state index is 5.95. The highest BCUT2D eigenvalue weighted by atomic mass is 16.5. The van der Waals surface area contributed by atoms with Gasteiger partial charge < -0.3 is 15.8 Å². The Morgan fingerprint density at radius 2 is 1.86 bits per heavy atom. The predicted molar refractivity (Wildman–Crippen MR) is 92.0 cm³/mol. The fourth-order valence-corrected chi connectivity index (χ4v) is 2.17. The van der Waals surface area contributed by atoms with E-state index >= 15 is 0 Å². The number of rotatable bonds is 5. The molecule has 0 unspecified atom stereocenters. The summed E-state index contributed by atoms with van der Waals surface area (Å²) in [7, 11) is 1.69. The van der Waals surface area contributed by atoms with E-state index in [1.54, 1.807) is 7.11 Å². The van der Waals surface area contributed by atoms with Gasteiger partial charge in [0.25, 0.3) is 0 Å². The van der Waals surface area contributed by atoms with Crippen LogP contribution in [0, 0.1) is 13.8 Å². The third kappa shape index (κ3) is 4.60. The van der Waals surface area contributed by atoms with Crippen molar-refractivity contribution in [3.8, 4) is 0 Å². The Morgan fingerprint density at radius 1 is 1.09 bits per heavy atom. The van der Waals surface area contributed by atoms with Crippen molar-refractivity contribution < 1.29 is 4.74 Å². The average Bonchev–Trinajstić information content (AvgIpc) is 2.50. The van der Waals surface area contributed by atoms with E-state index in [9.17, 15) is 0 Å². The predicted octanol–water partition coefficient (Wildman–Crippen LogP) is 3.38. The Bertz CT molecular complexity index is 665. The quantitative estimate of drug-likeness (QED) is 0.657. The molecule has 0 aliphatic heterocycles. The lowest BCUT2D eigenvalue weighted by Gasteiger charge is -2.08. The first-order valence-electron chi connectivity index (χ1n) is 7.29. The Kier molecular flexibility index (Phi) is 5.55. The third-order valence-electron chi connectivity index (χ3n) is 3.51. The van der Waals surface area contributed by atoms with Crippen LogP contribution in [0.15, 0.2) is 47.5 Å². The summed E-state index contributed by atoms with van der Waals surface area (Å²) in [6.45, 7) is 5.31. The number of nitrogens with zero attached hydrogens (tertiary/aromatic N) is 1. The standard InChI is InChI=1S/C18H23N3O/c1-13-7-8-17(9-14(13)2)21-18(19)20-11-15-5-4-6-16(10-15)12-22-3/h4-10H,11-12H2,1-3H3,(H3,19,20,21). The van der Waals surface area contributed by atoms with Crippen molar-refractivity contribution in [3.05, 3.63) is 64.7 Å². The Balaban J connectivity index is 2.00. The lowest BCUT2D eigenvalue weighted by atomic mass is 10.1. The zero-order chi connectivity index (χ0) is 15.9. The monoisotopic (exact) mass is 297 g/mol. The van der Waals surface area contributed by atoms with Crippen LogP contribution >= 0.6 is 0 Å². The first kappa shape index (κ1) is 16.0. The summed E-state index contributed by atoms with van der Waals surface area (Å²) < 4.78 is 5.14. The van der Waals surface area contributed by atoms with Crippen molar-refractivity contribution in [1.29, 1.82) is 0 Å². The minimum atomic E-state index is 0.417. The number of benzene rings is 2. The first-order chi connectivity index (χ1) is 10.6. The molecule has 0 aromatic heterocycles. The van der Waals surface area contributed by atoms with E-state index in [1.807, 2.05) is 24.3 Å². The van der Waals surface area contributed by atoms with Crippen molar-refractivity contribution in [3.63, 3.8) is 0 Å². The smallest absolute Gasteiger partial charge is 0.193 e. The minimum Gasteiger partial charge on any atom is -0.380 e. The molecule has 0 spiro atoms. The van der Waals surface area contributed by atoms with Gasteiger partial charge in [-0.2, -0.15) is 0 Å². The fraction of sp³-hybridized carbons (Fsp3) is 0.278. The summed E-state index contributed by atoms with van der Waals surface area (Å²) in [5.74, 6) is 0.417. The molecule has 0 heterocycles. The number of hydrogen-bond donors (Lipinski definition) is 2. The summed E-state index contributed by atoms with van der Waals surface area (Å²) in [6.07, 6.45) is 0. The van der Waals surface area contributed by atoms with Crippen LogP contribution in [-0.2, 0) is 17.9 Å². The minimum absolute atomic E-state index is 0.417. The molecular weight excluding hydrogens is 274 g/mol. The van der Waals surface area contributed by atoms with Gasteiger partial charge in [0.1, 0.15) is 0 Å². The summed E-state index contributed by atoms with van der Waals surface area (Å²) in [5, 5.41) is 3.12. The van der Waals surface area contributed by atoms with Gasteiger partial charge in [0.15, 0.2) is 5.96 Å². The maximum Gasteiger partial charge on any atom is 0.193 e. The second-order valence-electron chi connectivity index (χ2n) is 5.38. The van der Waals surface area contributed by atoms with Crippen LogP contribution in [0.5, 0.6) is 0 Å². The normalized spacial score (nSPS) is 11.5. The summed E-state index contributed by atoms with van der Waals surface area (Å²) >= 11 is 0. The van der Waals surface area contributed by atoms with Gasteiger partial charge in [-0.3, -0.25) is 0 Å². The molecule has 0 saturated carbocycles. The largest absolute Gasteiger partial charge is 0.380 e. The van der Waals surface area contributed by atoms with Crippen molar-refractivity contribution in [2.75, 3.05) is 12.4 Å². The van der Waals surface area contributed by atoms with E-state index in [0.29, 0.717) is 19.1 Å². The molecule has 0 aliphatic carbocycles. The highest BCUT2D eigenvalue weighted by Gasteiger charge is 1.99. The zero-order valence-corrected chi connectivity index (χ0v) is 13.4. The van der Waals surface area contributed by atoms with Crippen molar-refractivity contribution in [1.82, 2.24) is 0 Å². The fourth-order valence-electron chi connectivity index (χ4n) is 2.17. The molecule has 0 fully saturated rings. The zero-order valence-electron chi connectivity index (χ0n) is 13.4. The van der Waals surface area contributed by atoms with E-state index in [0.717, 1.165) is 16.8 Å². The Hall–Kier alpha value is -2.33. The molecule has 4 heteroatoms. The highest BCUT2D eigenvalue weighted by Crippen LogP contribution is 2.14. The molecule has 22 heavy (non-hydrogen) atoms. The second kappa shape index (κ2) is 7.61. The number of methoxy groups -OCH3 is 1. The molecule has 2 rings (SSSR count). The molecule has 0 saturated heterocycles. The van der Waals surface area contributed by atoms with Crippen molar-refractivity contribution in [2.24, 2.45) is 10.7 Å². The molecule has 4 nitrogen and oxygen atoms in total. The number of aryl methyl sites for hydroxylation is 2. The van der Waals surface area contributed by atoms with E-state index in [-0.39, 0.29) is 0 Å². The molecule has 2 aromatic carbocycles. The first-order valence-corrected chi connectivity index (χ1v) is 7.29. The molecular formula is C18H23N3O. The third-order valence-corrected chi connectivity index (χ3v) is 3.51. The molecule has 0 amide bonds. The van der Waals surface area contributed by atoms with E-state index in [2.05, 4.69) is 42.4 Å². The molecule has 116 valence electrons. The highest BCUT2D eigenvalue weighted by molar-refractivity contribution is 5.92. The van der Waals surface area contributed by atoms with Crippen LogP contribution in [0.1, 0.15) is 22.3 Å². The Morgan fingerprint density at radius 3 is 2.59 bits per heavy atom. The van der Waals surface area contributed by atoms with Crippen LogP contribution < -0.4 is 11.1 Å². The number of ether oxygens (including phenoxy) is 1. The lowest BCUT2D eigenvalue weighted by Crippen LogP contribution is -2.22. The molecule has 0 atom stereocenters. The summed E-state index contributed by atoms with van der Waals surface area (Å²) in [6, 6.07) is 14.3. The maximum atomic E-state index is 5.95. The second-order valence-corrected chi connectivity index (χ2v) is 5.38. The molecule has 2 aromatic rings. The van der Waals surface area contributed by atoms with Gasteiger partial charge in [-0.05, 0) is 48.2 Å². The molecule has 3 N–H and O–H groups in total. The van der Waals surface area contributed by atoms with Crippen LogP contribution in [-0.4, -0.2) is 13.1 Å². The van der Waals surface area contributed by atoms with Crippen LogP contribution in [0.2, 0.25) is 0 Å². The lowest BCUT2D eigenvalue weighted by molar-refractivity contribution is 0.185. The SMILES string of the molecule is COCc1cccc(CN=C(N)Nc2ccc(C)c(C)c2)c1. The van der Waals surface area contributed by atoms with Gasteiger partial charge in [-0.1, -0.05) is 30.3 Å². The number of anilines is 1. The number of nitrogens with one attached hydrogen (secondary N) is 1. The average molecular weight is 297 g/mol. The number of hydrogen-bond acceptors (Lipinski definition) is 2. The van der Waals surface area contributed by atoms with Gasteiger partial charge in [-0.25, -0.2) is 4.99 Å². The molecule has 0 radical (unpaired) electrons. The van der Waals surface area contributed by atoms with Gasteiger partial charge in [0, 0.05) is 12.8 Å². The molecule has 0 aliphatic rings. The number of aliphatic imine (C=N–C) groups is 1. The number of guanidine groups is 1. The van der Waals surface area contributed by atoms with Crippen molar-refractivity contribution in [2.45, 2.75) is 27.0 Å². The van der Waals surface area contributed by atoms with E-state index < -0.39 is 0 Å². The van der Waals surface area contributed by atoms with Crippen LogP contribution in [0.25, 0.3) is 0 Å². The van der Waals surface area contributed by atoms with E-state index in [4.69, 9.17) is 10.5 Å². The summed E-state index contributed by atoms with van der Waals surface area (Å²) in [5.41, 5.74) is 11.6. The van der Waals surface area contributed by atoms with Gasteiger partial charge in [-0.15, -0.1) is 0 Å². The van der Waals surface area contributed by atoms with E-state index in [1.165, 1.54) is 11.1 Å². The van der Waals surface area contributed by atoms with Gasteiger partial charge in [0.05, 0.1) is 13.2 Å². The van der Waals surface area contributed by atoms with Crippen molar-refractivity contribution >= 4 is 11.6 Å². The Labute approximate surface area is 132 Å². The topological polar surface area (TPSA) is 59.6 Å². The van der Waals surface area contributed by atoms with Crippen LogP contribution in [0.4, 0.5) is 5.69 Å². The van der Waals surface area contributed by atoms with Gasteiger partial charge in [0.2, 0.25) is 0 Å². The summed E-state index contributed by atoms with van der Waals surface area (Å²) in [4.78, 5) is 4.39. The molecule has 0 bridgehead atoms. The number of nitrogens with two attached hydrogens (primary N) is 1. The van der Waals surface area contributed by atoms with Crippen LogP contribution in [0.3, 0.4) is 0 Å².